The highest BCUT2D eigenvalue weighted by Crippen LogP contribution is 2.16. The molecule has 0 aliphatic carbocycles. The van der Waals surface area contributed by atoms with Crippen LogP contribution in [0.15, 0.2) is 36.4 Å². The Labute approximate surface area is 112 Å². The van der Waals surface area contributed by atoms with Gasteiger partial charge in [-0.3, -0.25) is 10.1 Å². The van der Waals surface area contributed by atoms with Gasteiger partial charge in [-0.15, -0.1) is 0 Å². The first-order chi connectivity index (χ1) is 8.77. The van der Waals surface area contributed by atoms with Crippen molar-refractivity contribution in [2.45, 2.75) is 18.9 Å². The molecule has 0 fully saturated rings. The summed E-state index contributed by atoms with van der Waals surface area (Å²) in [7, 11) is 0. The Balaban J connectivity index is 1.68. The summed E-state index contributed by atoms with van der Waals surface area (Å²) in [6.45, 7) is 1.45. The second-order valence-corrected chi connectivity index (χ2v) is 4.71. The smallest absolute Gasteiger partial charge is 0.241 e. The lowest BCUT2D eigenvalue weighted by atomic mass is 10.1. The number of halogens is 1. The predicted octanol–water partition coefficient (Wildman–Crippen LogP) is 1.92. The molecule has 0 saturated heterocycles. The summed E-state index contributed by atoms with van der Waals surface area (Å²) >= 11 is 6.06. The van der Waals surface area contributed by atoms with Gasteiger partial charge in [-0.25, -0.2) is 0 Å². The highest BCUT2D eigenvalue weighted by molar-refractivity contribution is 6.31. The molecule has 3 nitrogen and oxygen atoms in total. The van der Waals surface area contributed by atoms with Gasteiger partial charge in [0.1, 0.15) is 6.04 Å². The van der Waals surface area contributed by atoms with Crippen molar-refractivity contribution in [2.24, 2.45) is 0 Å². The third kappa shape index (κ3) is 3.59. The predicted molar refractivity (Wildman–Crippen MR) is 73.7 cm³/mol. The van der Waals surface area contributed by atoms with E-state index in [1.165, 1.54) is 0 Å². The maximum atomic E-state index is 11.7. The Morgan fingerprint density at radius 3 is 3.00 bits per heavy atom. The standard InChI is InChI=1S/C14H17ClN2O/c15-12-7-2-1-5-11(12)6-3-10-17-14(18)13-8-4-9-16-13/h1-2,4-5,7-8,13,16H,3,6,9-10H2,(H,17,18)/t13-/m0/s1. The summed E-state index contributed by atoms with van der Waals surface area (Å²) < 4.78 is 0. The minimum atomic E-state index is -0.162. The van der Waals surface area contributed by atoms with E-state index < -0.39 is 0 Å². The first-order valence-electron chi connectivity index (χ1n) is 6.18. The number of nitrogens with one attached hydrogen (secondary N) is 2. The molecule has 4 heteroatoms. The van der Waals surface area contributed by atoms with E-state index in [4.69, 9.17) is 11.6 Å². The molecule has 1 heterocycles. The van der Waals surface area contributed by atoms with Crippen LogP contribution in [0.1, 0.15) is 12.0 Å². The van der Waals surface area contributed by atoms with E-state index in [0.29, 0.717) is 6.54 Å². The zero-order valence-corrected chi connectivity index (χ0v) is 10.9. The normalized spacial score (nSPS) is 17.9. The molecule has 0 unspecified atom stereocenters. The maximum Gasteiger partial charge on any atom is 0.241 e. The van der Waals surface area contributed by atoms with Crippen molar-refractivity contribution in [1.29, 1.82) is 0 Å². The monoisotopic (exact) mass is 264 g/mol. The van der Waals surface area contributed by atoms with Crippen molar-refractivity contribution >= 4 is 17.5 Å². The van der Waals surface area contributed by atoms with Crippen LogP contribution in [0.4, 0.5) is 0 Å². The molecule has 0 spiro atoms. The summed E-state index contributed by atoms with van der Waals surface area (Å²) in [5.41, 5.74) is 1.13. The number of amides is 1. The number of aryl methyl sites for hydroxylation is 1. The number of carbonyl (C=O) groups excluding carboxylic acids is 1. The molecule has 0 radical (unpaired) electrons. The lowest BCUT2D eigenvalue weighted by Crippen LogP contribution is -2.40. The van der Waals surface area contributed by atoms with Crippen molar-refractivity contribution in [1.82, 2.24) is 10.6 Å². The molecule has 96 valence electrons. The van der Waals surface area contributed by atoms with Crippen molar-refractivity contribution in [3.05, 3.63) is 47.0 Å². The number of hydrogen-bond donors (Lipinski definition) is 2. The van der Waals surface area contributed by atoms with Gasteiger partial charge in [-0.1, -0.05) is 42.0 Å². The Morgan fingerprint density at radius 1 is 1.44 bits per heavy atom. The van der Waals surface area contributed by atoms with Gasteiger partial charge in [0.05, 0.1) is 0 Å². The topological polar surface area (TPSA) is 41.1 Å². The molecule has 1 aromatic carbocycles. The molecular weight excluding hydrogens is 248 g/mol. The Kier molecular flexibility index (Phi) is 4.79. The van der Waals surface area contributed by atoms with Crippen molar-refractivity contribution in [2.75, 3.05) is 13.1 Å². The average molecular weight is 265 g/mol. The molecule has 1 aliphatic rings. The second-order valence-electron chi connectivity index (χ2n) is 4.30. The Hall–Kier alpha value is -1.32. The number of hydrogen-bond acceptors (Lipinski definition) is 2. The van der Waals surface area contributed by atoms with E-state index in [9.17, 15) is 4.79 Å². The number of rotatable bonds is 5. The van der Waals surface area contributed by atoms with Crippen LogP contribution in [0.25, 0.3) is 0 Å². The van der Waals surface area contributed by atoms with Gasteiger partial charge in [0.2, 0.25) is 5.91 Å². The average Bonchev–Trinajstić information content (AvgIpc) is 2.90. The van der Waals surface area contributed by atoms with E-state index in [0.717, 1.165) is 30.0 Å². The summed E-state index contributed by atoms with van der Waals surface area (Å²) in [6, 6.07) is 7.65. The fourth-order valence-electron chi connectivity index (χ4n) is 1.95. The molecule has 2 rings (SSSR count). The van der Waals surface area contributed by atoms with E-state index >= 15 is 0 Å². The quantitative estimate of drug-likeness (QED) is 0.630. The van der Waals surface area contributed by atoms with Crippen LogP contribution in [0, 0.1) is 0 Å². The first kappa shape index (κ1) is 13.1. The molecule has 18 heavy (non-hydrogen) atoms. The van der Waals surface area contributed by atoms with Crippen LogP contribution < -0.4 is 10.6 Å². The molecule has 1 amide bonds. The molecule has 1 atom stereocenters. The van der Waals surface area contributed by atoms with Crippen molar-refractivity contribution < 1.29 is 4.79 Å². The van der Waals surface area contributed by atoms with Crippen molar-refractivity contribution in [3.8, 4) is 0 Å². The van der Waals surface area contributed by atoms with Crippen molar-refractivity contribution in [3.63, 3.8) is 0 Å². The first-order valence-corrected chi connectivity index (χ1v) is 6.56. The van der Waals surface area contributed by atoms with E-state index in [-0.39, 0.29) is 11.9 Å². The van der Waals surface area contributed by atoms with Crippen LogP contribution in [0.2, 0.25) is 5.02 Å². The van der Waals surface area contributed by atoms with Crippen LogP contribution in [0.3, 0.4) is 0 Å². The van der Waals surface area contributed by atoms with Crippen LogP contribution in [0.5, 0.6) is 0 Å². The Bertz CT molecular complexity index is 445. The molecule has 1 aliphatic heterocycles. The van der Waals surface area contributed by atoms with E-state index in [2.05, 4.69) is 10.6 Å². The van der Waals surface area contributed by atoms with Gasteiger partial charge in [0, 0.05) is 18.1 Å². The van der Waals surface area contributed by atoms with Gasteiger partial charge in [-0.2, -0.15) is 0 Å². The molecule has 2 N–H and O–H groups in total. The molecule has 1 aromatic rings. The second kappa shape index (κ2) is 6.57. The number of carbonyl (C=O) groups is 1. The SMILES string of the molecule is O=C(NCCCc1ccccc1Cl)[C@@H]1C=CCN1. The fourth-order valence-corrected chi connectivity index (χ4v) is 2.18. The maximum absolute atomic E-state index is 11.7. The minimum absolute atomic E-state index is 0.0444. The lowest BCUT2D eigenvalue weighted by Gasteiger charge is -2.10. The summed E-state index contributed by atoms with van der Waals surface area (Å²) in [5, 5.41) is 6.79. The summed E-state index contributed by atoms with van der Waals surface area (Å²) in [4.78, 5) is 11.7. The summed E-state index contributed by atoms with van der Waals surface area (Å²) in [6.07, 6.45) is 5.64. The number of benzene rings is 1. The van der Waals surface area contributed by atoms with Crippen LogP contribution in [-0.4, -0.2) is 25.0 Å². The molecule has 0 bridgehead atoms. The third-order valence-electron chi connectivity index (χ3n) is 2.95. The lowest BCUT2D eigenvalue weighted by molar-refractivity contribution is -0.121. The minimum Gasteiger partial charge on any atom is -0.354 e. The highest BCUT2D eigenvalue weighted by Gasteiger charge is 2.16. The van der Waals surface area contributed by atoms with E-state index in [1.54, 1.807) is 0 Å². The highest BCUT2D eigenvalue weighted by atomic mass is 35.5. The molecule has 0 saturated carbocycles. The third-order valence-corrected chi connectivity index (χ3v) is 3.32. The fraction of sp³-hybridized carbons (Fsp3) is 0.357. The zero-order valence-electron chi connectivity index (χ0n) is 10.2. The molecule has 0 aromatic heterocycles. The molecular formula is C14H17ClN2O. The van der Waals surface area contributed by atoms with Gasteiger partial charge < -0.3 is 5.32 Å². The largest absolute Gasteiger partial charge is 0.354 e. The summed E-state index contributed by atoms with van der Waals surface area (Å²) in [5.74, 6) is 0.0444. The Morgan fingerprint density at radius 2 is 2.28 bits per heavy atom. The van der Waals surface area contributed by atoms with E-state index in [1.807, 2.05) is 36.4 Å². The van der Waals surface area contributed by atoms with Gasteiger partial charge >= 0.3 is 0 Å². The van der Waals surface area contributed by atoms with Crippen LogP contribution in [-0.2, 0) is 11.2 Å². The van der Waals surface area contributed by atoms with Crippen LogP contribution >= 0.6 is 11.6 Å². The van der Waals surface area contributed by atoms with Gasteiger partial charge in [0.15, 0.2) is 0 Å². The zero-order chi connectivity index (χ0) is 12.8. The van der Waals surface area contributed by atoms with Gasteiger partial charge in [-0.05, 0) is 24.5 Å². The van der Waals surface area contributed by atoms with Gasteiger partial charge in [0.25, 0.3) is 0 Å².